The van der Waals surface area contributed by atoms with E-state index in [9.17, 15) is 0 Å². The Balaban J connectivity index is 2.04. The van der Waals surface area contributed by atoms with E-state index in [1.54, 1.807) is 6.26 Å². The highest BCUT2D eigenvalue weighted by Gasteiger charge is 2.11. The summed E-state index contributed by atoms with van der Waals surface area (Å²) in [5, 5.41) is 3.53. The van der Waals surface area contributed by atoms with Gasteiger partial charge in [0.25, 0.3) is 0 Å². The van der Waals surface area contributed by atoms with Gasteiger partial charge in [-0.25, -0.2) is 0 Å². The summed E-state index contributed by atoms with van der Waals surface area (Å²) in [7, 11) is 0. The molecule has 18 heavy (non-hydrogen) atoms. The second-order valence-corrected chi connectivity index (χ2v) is 5.24. The topological polar surface area (TPSA) is 25.2 Å². The van der Waals surface area contributed by atoms with Crippen LogP contribution >= 0.6 is 15.9 Å². The molecule has 1 aromatic heterocycles. The summed E-state index contributed by atoms with van der Waals surface area (Å²) in [5.74, 6) is 0. The molecule has 1 unspecified atom stereocenters. The van der Waals surface area contributed by atoms with Gasteiger partial charge in [-0.3, -0.25) is 0 Å². The van der Waals surface area contributed by atoms with Crippen molar-refractivity contribution in [3.05, 3.63) is 58.5 Å². The maximum Gasteiger partial charge on any atom is 0.0935 e. The molecular weight excluding hydrogens is 290 g/mol. The van der Waals surface area contributed by atoms with Gasteiger partial charge in [0.15, 0.2) is 0 Å². The van der Waals surface area contributed by atoms with Gasteiger partial charge < -0.3 is 9.73 Å². The van der Waals surface area contributed by atoms with E-state index in [0.29, 0.717) is 6.04 Å². The van der Waals surface area contributed by atoms with Gasteiger partial charge in [0, 0.05) is 10.5 Å². The highest BCUT2D eigenvalue weighted by atomic mass is 79.9. The quantitative estimate of drug-likeness (QED) is 0.878. The summed E-state index contributed by atoms with van der Waals surface area (Å²) < 4.78 is 6.31. The highest BCUT2D eigenvalue weighted by molar-refractivity contribution is 9.10. The van der Waals surface area contributed by atoms with Crippen molar-refractivity contribution in [3.63, 3.8) is 0 Å². The van der Waals surface area contributed by atoms with E-state index >= 15 is 0 Å². The van der Waals surface area contributed by atoms with Crippen molar-refractivity contribution in [2.45, 2.75) is 25.8 Å². The average molecular weight is 308 g/mol. The molecule has 0 spiro atoms. The van der Waals surface area contributed by atoms with Crippen LogP contribution in [-0.2, 0) is 12.8 Å². The number of furan rings is 1. The number of likely N-dealkylation sites (N-methyl/N-ethyl adjacent to an activating group) is 1. The van der Waals surface area contributed by atoms with Gasteiger partial charge >= 0.3 is 0 Å². The van der Waals surface area contributed by atoms with Gasteiger partial charge in [0.1, 0.15) is 0 Å². The van der Waals surface area contributed by atoms with E-state index in [1.807, 2.05) is 18.4 Å². The van der Waals surface area contributed by atoms with E-state index in [4.69, 9.17) is 4.42 Å². The van der Waals surface area contributed by atoms with Gasteiger partial charge in [-0.2, -0.15) is 0 Å². The molecule has 0 bridgehead atoms. The number of benzene rings is 1. The lowest BCUT2D eigenvalue weighted by Gasteiger charge is -2.18. The molecule has 3 heteroatoms. The standard InChI is InChI=1S/C15H18BrNO/c1-2-17-14(9-12-7-8-18-11-12)10-13-5-3-4-6-15(13)16/h3-8,11,14,17H,2,9-10H2,1H3. The van der Waals surface area contributed by atoms with Crippen LogP contribution in [0.15, 0.2) is 51.7 Å². The molecule has 96 valence electrons. The van der Waals surface area contributed by atoms with Crippen molar-refractivity contribution in [2.75, 3.05) is 6.54 Å². The molecule has 1 aromatic carbocycles. The van der Waals surface area contributed by atoms with Crippen molar-refractivity contribution in [1.82, 2.24) is 5.32 Å². The minimum Gasteiger partial charge on any atom is -0.472 e. The smallest absolute Gasteiger partial charge is 0.0935 e. The van der Waals surface area contributed by atoms with E-state index in [1.165, 1.54) is 15.6 Å². The normalized spacial score (nSPS) is 12.6. The van der Waals surface area contributed by atoms with Crippen molar-refractivity contribution < 1.29 is 4.42 Å². The Morgan fingerprint density at radius 2 is 2.06 bits per heavy atom. The van der Waals surface area contributed by atoms with Crippen molar-refractivity contribution in [3.8, 4) is 0 Å². The van der Waals surface area contributed by atoms with Crippen LogP contribution < -0.4 is 5.32 Å². The minimum absolute atomic E-state index is 0.436. The SMILES string of the molecule is CCNC(Cc1ccoc1)Cc1ccccc1Br. The molecule has 0 radical (unpaired) electrons. The molecular formula is C15H18BrNO. The van der Waals surface area contributed by atoms with E-state index < -0.39 is 0 Å². The fourth-order valence-corrected chi connectivity index (χ4v) is 2.57. The molecule has 1 N–H and O–H groups in total. The van der Waals surface area contributed by atoms with Crippen LogP contribution in [0, 0.1) is 0 Å². The number of hydrogen-bond acceptors (Lipinski definition) is 2. The lowest BCUT2D eigenvalue weighted by molar-refractivity contribution is 0.513. The molecule has 0 saturated heterocycles. The summed E-state index contributed by atoms with van der Waals surface area (Å²) >= 11 is 3.61. The van der Waals surface area contributed by atoms with Crippen LogP contribution in [0.3, 0.4) is 0 Å². The monoisotopic (exact) mass is 307 g/mol. The van der Waals surface area contributed by atoms with E-state index in [-0.39, 0.29) is 0 Å². The second-order valence-electron chi connectivity index (χ2n) is 4.39. The molecule has 2 nitrogen and oxygen atoms in total. The van der Waals surface area contributed by atoms with Crippen LogP contribution in [0.4, 0.5) is 0 Å². The predicted molar refractivity (Wildman–Crippen MR) is 77.7 cm³/mol. The van der Waals surface area contributed by atoms with Gasteiger partial charge in [-0.15, -0.1) is 0 Å². The third-order valence-corrected chi connectivity index (χ3v) is 3.75. The van der Waals surface area contributed by atoms with Crippen LogP contribution in [0.25, 0.3) is 0 Å². The van der Waals surface area contributed by atoms with Gasteiger partial charge in [-0.1, -0.05) is 41.1 Å². The number of rotatable bonds is 6. The molecule has 0 aliphatic carbocycles. The van der Waals surface area contributed by atoms with Crippen molar-refractivity contribution in [1.29, 1.82) is 0 Å². The van der Waals surface area contributed by atoms with Gasteiger partial charge in [0.2, 0.25) is 0 Å². The van der Waals surface area contributed by atoms with Crippen LogP contribution in [0.1, 0.15) is 18.1 Å². The van der Waals surface area contributed by atoms with Gasteiger partial charge in [-0.05, 0) is 42.6 Å². The Morgan fingerprint density at radius 3 is 2.72 bits per heavy atom. The largest absolute Gasteiger partial charge is 0.472 e. The number of halogens is 1. The Morgan fingerprint density at radius 1 is 1.22 bits per heavy atom. The van der Waals surface area contributed by atoms with Crippen molar-refractivity contribution in [2.24, 2.45) is 0 Å². The Hall–Kier alpha value is -1.06. The summed E-state index contributed by atoms with van der Waals surface area (Å²) in [6.07, 6.45) is 5.56. The Kier molecular flexibility index (Phi) is 5.02. The molecule has 2 rings (SSSR count). The van der Waals surface area contributed by atoms with E-state index in [0.717, 1.165) is 19.4 Å². The third-order valence-electron chi connectivity index (χ3n) is 2.98. The first-order chi connectivity index (χ1) is 8.79. The first-order valence-corrected chi connectivity index (χ1v) is 7.06. The average Bonchev–Trinajstić information content (AvgIpc) is 2.85. The zero-order chi connectivity index (χ0) is 12.8. The predicted octanol–water partition coefficient (Wildman–Crippen LogP) is 3.81. The Bertz CT molecular complexity index is 467. The zero-order valence-electron chi connectivity index (χ0n) is 10.5. The summed E-state index contributed by atoms with van der Waals surface area (Å²) in [6, 6.07) is 10.9. The molecule has 0 fully saturated rings. The first-order valence-electron chi connectivity index (χ1n) is 6.27. The summed E-state index contributed by atoms with van der Waals surface area (Å²) in [5.41, 5.74) is 2.58. The molecule has 2 aromatic rings. The third kappa shape index (κ3) is 3.72. The second kappa shape index (κ2) is 6.76. The Labute approximate surface area is 117 Å². The summed E-state index contributed by atoms with van der Waals surface area (Å²) in [6.45, 7) is 3.12. The molecule has 1 heterocycles. The summed E-state index contributed by atoms with van der Waals surface area (Å²) in [4.78, 5) is 0. The van der Waals surface area contributed by atoms with E-state index in [2.05, 4.69) is 46.4 Å². The van der Waals surface area contributed by atoms with Crippen LogP contribution in [0.5, 0.6) is 0 Å². The lowest BCUT2D eigenvalue weighted by atomic mass is 10.0. The maximum atomic E-state index is 5.13. The minimum atomic E-state index is 0.436. The number of nitrogens with one attached hydrogen (secondary N) is 1. The number of hydrogen-bond donors (Lipinski definition) is 1. The maximum absolute atomic E-state index is 5.13. The lowest BCUT2D eigenvalue weighted by Crippen LogP contribution is -2.33. The van der Waals surface area contributed by atoms with Crippen LogP contribution in [-0.4, -0.2) is 12.6 Å². The van der Waals surface area contributed by atoms with Crippen LogP contribution in [0.2, 0.25) is 0 Å². The first kappa shape index (κ1) is 13.4. The molecule has 1 atom stereocenters. The molecule has 0 saturated carbocycles. The fourth-order valence-electron chi connectivity index (χ4n) is 2.13. The fraction of sp³-hybridized carbons (Fsp3) is 0.333. The van der Waals surface area contributed by atoms with Crippen molar-refractivity contribution >= 4 is 15.9 Å². The molecule has 0 aliphatic rings. The van der Waals surface area contributed by atoms with Gasteiger partial charge in [0.05, 0.1) is 12.5 Å². The molecule has 0 amide bonds. The zero-order valence-corrected chi connectivity index (χ0v) is 12.1. The highest BCUT2D eigenvalue weighted by Crippen LogP contribution is 2.18. The molecule has 0 aliphatic heterocycles.